The number of hydrogen-bond acceptors (Lipinski definition) is 4. The highest BCUT2D eigenvalue weighted by molar-refractivity contribution is 7.90. The Morgan fingerprint density at radius 3 is 2.38 bits per heavy atom. The van der Waals surface area contributed by atoms with Gasteiger partial charge in [0.05, 0.1) is 4.90 Å². The Morgan fingerprint density at radius 2 is 1.81 bits per heavy atom. The third-order valence-electron chi connectivity index (χ3n) is 4.12. The molecule has 0 aromatic heterocycles. The standard InChI is InChI=1S/C15H21N2O3S/c1-9-10(2)14(21(18,19)17-8-16)11(3)12-6-7-15(4,5)20-13(9)12/h6-7H2,1-5H3,(H2,16,17). The van der Waals surface area contributed by atoms with E-state index in [4.69, 9.17) is 10.1 Å². The zero-order chi connectivity index (χ0) is 16.0. The summed E-state index contributed by atoms with van der Waals surface area (Å²) in [7, 11) is -3.76. The third-order valence-corrected chi connectivity index (χ3v) is 5.64. The Labute approximate surface area is 126 Å². The Kier molecular flexibility index (Phi) is 3.78. The number of nitrogens with one attached hydrogen (secondary N) is 2. The van der Waals surface area contributed by atoms with E-state index in [1.165, 1.54) is 0 Å². The second-order valence-corrected chi connectivity index (χ2v) is 7.72. The molecule has 0 bridgehead atoms. The van der Waals surface area contributed by atoms with Gasteiger partial charge in [-0.2, -0.15) is 0 Å². The number of benzene rings is 1. The van der Waals surface area contributed by atoms with Crippen molar-refractivity contribution in [2.45, 2.75) is 58.0 Å². The highest BCUT2D eigenvalue weighted by atomic mass is 32.2. The first-order valence-corrected chi connectivity index (χ1v) is 8.34. The van der Waals surface area contributed by atoms with Crippen molar-refractivity contribution in [3.63, 3.8) is 0 Å². The number of rotatable bonds is 3. The summed E-state index contributed by atoms with van der Waals surface area (Å²) >= 11 is 0. The van der Waals surface area contributed by atoms with Gasteiger partial charge in [-0.25, -0.2) is 8.42 Å². The molecule has 1 radical (unpaired) electrons. The normalized spacial score (nSPS) is 16.8. The van der Waals surface area contributed by atoms with Crippen molar-refractivity contribution in [1.29, 1.82) is 5.41 Å². The van der Waals surface area contributed by atoms with Crippen molar-refractivity contribution >= 4 is 16.4 Å². The minimum absolute atomic E-state index is 0.238. The van der Waals surface area contributed by atoms with Crippen LogP contribution in [0.5, 0.6) is 5.75 Å². The van der Waals surface area contributed by atoms with Gasteiger partial charge in [0.15, 0.2) is 6.34 Å². The fraction of sp³-hybridized carbons (Fsp3) is 0.533. The monoisotopic (exact) mass is 309 g/mol. The summed E-state index contributed by atoms with van der Waals surface area (Å²) in [4.78, 5) is 0.238. The van der Waals surface area contributed by atoms with Gasteiger partial charge in [-0.3, -0.25) is 10.1 Å². The van der Waals surface area contributed by atoms with Crippen LogP contribution in [0.2, 0.25) is 0 Å². The predicted molar refractivity (Wildman–Crippen MR) is 81.7 cm³/mol. The van der Waals surface area contributed by atoms with Crippen molar-refractivity contribution in [3.05, 3.63) is 22.3 Å². The summed E-state index contributed by atoms with van der Waals surface area (Å²) < 4.78 is 32.7. The zero-order valence-corrected chi connectivity index (χ0v) is 13.9. The molecule has 0 unspecified atom stereocenters. The number of fused-ring (bicyclic) bond motifs is 1. The third kappa shape index (κ3) is 2.64. The van der Waals surface area contributed by atoms with Gasteiger partial charge in [-0.15, -0.1) is 0 Å². The molecule has 0 amide bonds. The molecule has 2 rings (SSSR count). The Morgan fingerprint density at radius 1 is 1.19 bits per heavy atom. The molecular weight excluding hydrogens is 288 g/mol. The van der Waals surface area contributed by atoms with Crippen molar-refractivity contribution < 1.29 is 13.2 Å². The van der Waals surface area contributed by atoms with Crippen LogP contribution in [0.3, 0.4) is 0 Å². The van der Waals surface area contributed by atoms with E-state index in [2.05, 4.69) is 0 Å². The van der Waals surface area contributed by atoms with Crippen molar-refractivity contribution in [1.82, 2.24) is 4.72 Å². The largest absolute Gasteiger partial charge is 0.487 e. The van der Waals surface area contributed by atoms with E-state index in [-0.39, 0.29) is 10.5 Å². The fourth-order valence-corrected chi connectivity index (χ4v) is 4.19. The molecule has 0 saturated heterocycles. The van der Waals surface area contributed by atoms with Gasteiger partial charge in [-0.1, -0.05) is 0 Å². The first-order chi connectivity index (χ1) is 9.60. The van der Waals surface area contributed by atoms with E-state index in [0.29, 0.717) is 11.1 Å². The van der Waals surface area contributed by atoms with Crippen LogP contribution >= 0.6 is 0 Å². The summed E-state index contributed by atoms with van der Waals surface area (Å²) in [5, 5.41) is 6.88. The van der Waals surface area contributed by atoms with Gasteiger partial charge < -0.3 is 4.74 Å². The van der Waals surface area contributed by atoms with Crippen LogP contribution in [0.25, 0.3) is 0 Å². The molecule has 6 heteroatoms. The molecule has 0 spiro atoms. The molecule has 0 atom stereocenters. The van der Waals surface area contributed by atoms with Crippen LogP contribution in [0, 0.1) is 26.2 Å². The van der Waals surface area contributed by atoms with Crippen LogP contribution < -0.4 is 9.46 Å². The van der Waals surface area contributed by atoms with Gasteiger partial charge in [-0.05, 0) is 69.7 Å². The number of sulfonamides is 1. The molecule has 1 aliphatic heterocycles. The Hall–Kier alpha value is -1.56. The molecule has 21 heavy (non-hydrogen) atoms. The first kappa shape index (κ1) is 15.8. The van der Waals surface area contributed by atoms with Gasteiger partial charge in [0.2, 0.25) is 0 Å². The highest BCUT2D eigenvalue weighted by Crippen LogP contribution is 2.41. The lowest BCUT2D eigenvalue weighted by molar-refractivity contribution is 0.0832. The van der Waals surface area contributed by atoms with E-state index >= 15 is 0 Å². The zero-order valence-electron chi connectivity index (χ0n) is 13.0. The lowest BCUT2D eigenvalue weighted by Crippen LogP contribution is -2.34. The van der Waals surface area contributed by atoms with Crippen LogP contribution in [-0.2, 0) is 16.4 Å². The van der Waals surface area contributed by atoms with Crippen LogP contribution in [0.1, 0.15) is 42.5 Å². The van der Waals surface area contributed by atoms with Gasteiger partial charge in [0.1, 0.15) is 11.4 Å². The molecule has 1 heterocycles. The van der Waals surface area contributed by atoms with Crippen LogP contribution in [-0.4, -0.2) is 20.4 Å². The average Bonchev–Trinajstić information content (AvgIpc) is 2.34. The molecule has 0 saturated carbocycles. The van der Waals surface area contributed by atoms with Crippen LogP contribution in [0.15, 0.2) is 4.90 Å². The van der Waals surface area contributed by atoms with E-state index in [1.54, 1.807) is 20.2 Å². The van der Waals surface area contributed by atoms with Crippen molar-refractivity contribution in [3.8, 4) is 5.75 Å². The fourth-order valence-electron chi connectivity index (χ4n) is 2.87. The summed E-state index contributed by atoms with van der Waals surface area (Å²) in [6, 6.07) is 0. The molecular formula is C15H21N2O3S. The molecule has 1 aliphatic rings. The molecule has 115 valence electrons. The van der Waals surface area contributed by atoms with Crippen molar-refractivity contribution in [2.75, 3.05) is 0 Å². The summed E-state index contributed by atoms with van der Waals surface area (Å²) in [5.74, 6) is 0.805. The lowest BCUT2D eigenvalue weighted by Gasteiger charge is -2.35. The highest BCUT2D eigenvalue weighted by Gasteiger charge is 2.33. The van der Waals surface area contributed by atoms with Gasteiger partial charge in [0, 0.05) is 0 Å². The first-order valence-electron chi connectivity index (χ1n) is 6.86. The maximum atomic E-state index is 12.3. The quantitative estimate of drug-likeness (QED) is 0.511. The molecule has 2 N–H and O–H groups in total. The molecule has 1 aromatic rings. The molecule has 1 aromatic carbocycles. The maximum Gasteiger partial charge on any atom is 0.263 e. The minimum Gasteiger partial charge on any atom is -0.487 e. The average molecular weight is 309 g/mol. The van der Waals surface area contributed by atoms with Crippen LogP contribution in [0.4, 0.5) is 0 Å². The lowest BCUT2D eigenvalue weighted by atomic mass is 9.88. The molecule has 5 nitrogen and oxygen atoms in total. The van der Waals surface area contributed by atoms with E-state index in [1.807, 2.05) is 25.5 Å². The predicted octanol–water partition coefficient (Wildman–Crippen LogP) is 2.48. The number of ether oxygens (including phenoxy) is 1. The SMILES string of the molecule is Cc1c(C)c(S(=O)(=O)N[C]=N)c(C)c2c1OC(C)(C)CC2. The maximum absolute atomic E-state index is 12.3. The second-order valence-electron chi connectivity index (χ2n) is 6.10. The number of hydrogen-bond donors (Lipinski definition) is 2. The van der Waals surface area contributed by atoms with E-state index in [0.717, 1.165) is 29.7 Å². The Bertz CT molecular complexity index is 706. The van der Waals surface area contributed by atoms with Crippen molar-refractivity contribution in [2.24, 2.45) is 0 Å². The molecule has 0 fully saturated rings. The summed E-state index contributed by atoms with van der Waals surface area (Å²) in [6.45, 7) is 9.52. The minimum atomic E-state index is -3.76. The van der Waals surface area contributed by atoms with E-state index in [9.17, 15) is 8.42 Å². The van der Waals surface area contributed by atoms with E-state index < -0.39 is 10.0 Å². The Balaban J connectivity index is 2.74. The summed E-state index contributed by atoms with van der Waals surface area (Å²) in [5.41, 5.74) is 2.91. The summed E-state index contributed by atoms with van der Waals surface area (Å²) in [6.07, 6.45) is 3.38. The van der Waals surface area contributed by atoms with Gasteiger partial charge in [0.25, 0.3) is 10.0 Å². The topological polar surface area (TPSA) is 79.3 Å². The second kappa shape index (κ2) is 5.02. The van der Waals surface area contributed by atoms with Gasteiger partial charge >= 0.3 is 0 Å². The smallest absolute Gasteiger partial charge is 0.263 e. The molecule has 0 aliphatic carbocycles.